The van der Waals surface area contributed by atoms with Gasteiger partial charge in [-0.05, 0) is 53.0 Å². The molecule has 1 saturated heterocycles. The number of carbonyl (C=O) groups is 1. The van der Waals surface area contributed by atoms with E-state index in [1.54, 1.807) is 13.2 Å². The van der Waals surface area contributed by atoms with Crippen LogP contribution < -0.4 is 14.8 Å². The molecule has 2 aromatic carbocycles. The van der Waals surface area contributed by atoms with Gasteiger partial charge in [0.15, 0.2) is 11.5 Å². The number of nitrogens with one attached hydrogen (secondary N) is 1. The summed E-state index contributed by atoms with van der Waals surface area (Å²) in [4.78, 5) is 14.9. The minimum Gasteiger partial charge on any atom is -0.493 e. The van der Waals surface area contributed by atoms with Gasteiger partial charge in [0.2, 0.25) is 0 Å². The minimum absolute atomic E-state index is 0.00778. The maximum absolute atomic E-state index is 13.0. The van der Waals surface area contributed by atoms with Crippen LogP contribution in [0.2, 0.25) is 0 Å². The molecule has 27 heavy (non-hydrogen) atoms. The Morgan fingerprint density at radius 3 is 2.78 bits per heavy atom. The first-order chi connectivity index (χ1) is 13.1. The molecule has 0 radical (unpaired) electrons. The number of likely N-dealkylation sites (tertiary alicyclic amines) is 1. The molecule has 1 N–H and O–H groups in total. The van der Waals surface area contributed by atoms with Crippen LogP contribution in [0.5, 0.6) is 11.5 Å². The van der Waals surface area contributed by atoms with E-state index in [0.717, 1.165) is 29.5 Å². The Labute approximate surface area is 168 Å². The molecule has 6 heteroatoms. The third-order valence-electron chi connectivity index (χ3n) is 4.55. The van der Waals surface area contributed by atoms with Crippen LogP contribution in [0.3, 0.4) is 0 Å². The van der Waals surface area contributed by atoms with Crippen LogP contribution in [-0.2, 0) is 0 Å². The minimum atomic E-state index is 0.00778. The summed E-state index contributed by atoms with van der Waals surface area (Å²) in [6.07, 6.45) is 1.83. The van der Waals surface area contributed by atoms with Crippen molar-refractivity contribution >= 4 is 27.5 Å². The van der Waals surface area contributed by atoms with Crippen molar-refractivity contribution in [2.24, 2.45) is 0 Å². The summed E-state index contributed by atoms with van der Waals surface area (Å²) in [5.41, 5.74) is 1.68. The predicted octanol–water partition coefficient (Wildman–Crippen LogP) is 4.57. The fourth-order valence-corrected chi connectivity index (χ4v) is 3.76. The zero-order valence-electron chi connectivity index (χ0n) is 15.7. The molecule has 1 fully saturated rings. The molecule has 0 bridgehead atoms. The van der Waals surface area contributed by atoms with Gasteiger partial charge in [0.1, 0.15) is 0 Å². The van der Waals surface area contributed by atoms with Crippen molar-refractivity contribution < 1.29 is 14.3 Å². The Balaban J connectivity index is 1.69. The Morgan fingerprint density at radius 1 is 1.30 bits per heavy atom. The molecular weight excluding hydrogens is 408 g/mol. The number of methoxy groups -OCH3 is 1. The molecule has 5 nitrogen and oxygen atoms in total. The highest BCUT2D eigenvalue weighted by Gasteiger charge is 2.28. The average Bonchev–Trinajstić information content (AvgIpc) is 3.15. The topological polar surface area (TPSA) is 50.8 Å². The summed E-state index contributed by atoms with van der Waals surface area (Å²) in [6.45, 7) is 4.06. The first-order valence-electron chi connectivity index (χ1n) is 9.23. The summed E-state index contributed by atoms with van der Waals surface area (Å²) in [6, 6.07) is 13.9. The number of amides is 1. The number of benzene rings is 2. The lowest BCUT2D eigenvalue weighted by Crippen LogP contribution is -2.31. The lowest BCUT2D eigenvalue weighted by molar-refractivity contribution is 0.0791. The second-order valence-corrected chi connectivity index (χ2v) is 7.44. The van der Waals surface area contributed by atoms with Crippen LogP contribution in [-0.4, -0.2) is 43.7 Å². The van der Waals surface area contributed by atoms with E-state index in [0.29, 0.717) is 30.2 Å². The van der Waals surface area contributed by atoms with Gasteiger partial charge in [0, 0.05) is 30.4 Å². The molecule has 0 aromatic heterocycles. The van der Waals surface area contributed by atoms with Crippen LogP contribution in [0, 0.1) is 0 Å². The van der Waals surface area contributed by atoms with Gasteiger partial charge < -0.3 is 19.7 Å². The van der Waals surface area contributed by atoms with Crippen molar-refractivity contribution in [3.63, 3.8) is 0 Å². The lowest BCUT2D eigenvalue weighted by atomic mass is 10.1. The second kappa shape index (κ2) is 9.13. The molecule has 144 valence electrons. The lowest BCUT2D eigenvalue weighted by Gasteiger charge is -2.19. The van der Waals surface area contributed by atoms with Gasteiger partial charge in [-0.3, -0.25) is 4.79 Å². The summed E-state index contributed by atoms with van der Waals surface area (Å²) >= 11 is 3.51. The molecular formula is C21H25BrN2O3. The van der Waals surface area contributed by atoms with Crippen molar-refractivity contribution in [1.29, 1.82) is 0 Å². The van der Waals surface area contributed by atoms with Crippen LogP contribution in [0.1, 0.15) is 30.1 Å². The van der Waals surface area contributed by atoms with Crippen LogP contribution >= 0.6 is 15.9 Å². The third kappa shape index (κ3) is 4.75. The van der Waals surface area contributed by atoms with E-state index in [1.807, 2.05) is 48.2 Å². The number of halogens is 1. The van der Waals surface area contributed by atoms with Gasteiger partial charge in [-0.15, -0.1) is 0 Å². The molecule has 1 amide bonds. The Hall–Kier alpha value is -2.21. The summed E-state index contributed by atoms with van der Waals surface area (Å²) in [7, 11) is 1.59. The molecule has 3 rings (SSSR count). The molecule has 1 unspecified atom stereocenters. The molecule has 1 aliphatic heterocycles. The van der Waals surface area contributed by atoms with E-state index in [4.69, 9.17) is 9.47 Å². The number of para-hydroxylation sites is 1. The Morgan fingerprint density at radius 2 is 2.07 bits per heavy atom. The molecule has 0 saturated carbocycles. The number of carbonyl (C=O) groups excluding carboxylic acids is 1. The van der Waals surface area contributed by atoms with Crippen molar-refractivity contribution in [3.8, 4) is 11.5 Å². The van der Waals surface area contributed by atoms with E-state index in [2.05, 4.69) is 21.2 Å². The normalized spacial score (nSPS) is 16.3. The molecule has 2 aromatic rings. The average molecular weight is 433 g/mol. The predicted molar refractivity (Wildman–Crippen MR) is 111 cm³/mol. The number of ether oxygens (including phenoxy) is 2. The Kier molecular flexibility index (Phi) is 6.61. The monoisotopic (exact) mass is 432 g/mol. The second-order valence-electron chi connectivity index (χ2n) is 6.59. The van der Waals surface area contributed by atoms with Gasteiger partial charge in [-0.2, -0.15) is 0 Å². The Bertz CT molecular complexity index is 782. The standard InChI is InChI=1S/C21H25BrN2O3/c1-3-11-27-20-18(22)12-15(13-19(20)26-2)21(25)24-10-9-17(14-24)23-16-7-5-4-6-8-16/h4-8,12-13,17,23H,3,9-11,14H2,1-2H3. The third-order valence-corrected chi connectivity index (χ3v) is 5.14. The van der Waals surface area contributed by atoms with Gasteiger partial charge >= 0.3 is 0 Å². The van der Waals surface area contributed by atoms with Crippen LogP contribution in [0.25, 0.3) is 0 Å². The van der Waals surface area contributed by atoms with Gasteiger partial charge in [0.25, 0.3) is 5.91 Å². The zero-order chi connectivity index (χ0) is 19.2. The SMILES string of the molecule is CCCOc1c(Br)cc(C(=O)N2CCC(Nc3ccccc3)C2)cc1OC. The fourth-order valence-electron chi connectivity index (χ4n) is 3.20. The summed E-state index contributed by atoms with van der Waals surface area (Å²) in [5, 5.41) is 3.50. The zero-order valence-corrected chi connectivity index (χ0v) is 17.3. The molecule has 1 heterocycles. The smallest absolute Gasteiger partial charge is 0.254 e. The van der Waals surface area contributed by atoms with Crippen molar-refractivity contribution in [1.82, 2.24) is 4.90 Å². The van der Waals surface area contributed by atoms with E-state index in [1.165, 1.54) is 0 Å². The van der Waals surface area contributed by atoms with Crippen molar-refractivity contribution in [2.45, 2.75) is 25.8 Å². The quantitative estimate of drug-likeness (QED) is 0.695. The van der Waals surface area contributed by atoms with E-state index < -0.39 is 0 Å². The first-order valence-corrected chi connectivity index (χ1v) is 10.0. The number of anilines is 1. The highest BCUT2D eigenvalue weighted by atomic mass is 79.9. The van der Waals surface area contributed by atoms with Gasteiger partial charge in [-0.25, -0.2) is 0 Å². The van der Waals surface area contributed by atoms with E-state index in [-0.39, 0.29) is 11.9 Å². The van der Waals surface area contributed by atoms with Gasteiger partial charge in [-0.1, -0.05) is 25.1 Å². The van der Waals surface area contributed by atoms with E-state index in [9.17, 15) is 4.79 Å². The van der Waals surface area contributed by atoms with Crippen molar-refractivity contribution in [2.75, 3.05) is 32.1 Å². The number of rotatable bonds is 7. The number of hydrogen-bond acceptors (Lipinski definition) is 4. The summed E-state index contributed by atoms with van der Waals surface area (Å²) in [5.74, 6) is 1.22. The van der Waals surface area contributed by atoms with Crippen LogP contribution in [0.15, 0.2) is 46.9 Å². The number of nitrogens with zero attached hydrogens (tertiary/aromatic N) is 1. The van der Waals surface area contributed by atoms with Gasteiger partial charge in [0.05, 0.1) is 18.2 Å². The first kappa shape index (κ1) is 19.5. The highest BCUT2D eigenvalue weighted by molar-refractivity contribution is 9.10. The van der Waals surface area contributed by atoms with E-state index >= 15 is 0 Å². The van der Waals surface area contributed by atoms with Crippen LogP contribution in [0.4, 0.5) is 5.69 Å². The van der Waals surface area contributed by atoms with Crippen molar-refractivity contribution in [3.05, 3.63) is 52.5 Å². The number of hydrogen-bond donors (Lipinski definition) is 1. The molecule has 1 aliphatic rings. The fraction of sp³-hybridized carbons (Fsp3) is 0.381. The maximum Gasteiger partial charge on any atom is 0.254 e. The highest BCUT2D eigenvalue weighted by Crippen LogP contribution is 2.37. The molecule has 0 spiro atoms. The maximum atomic E-state index is 13.0. The molecule has 0 aliphatic carbocycles. The largest absolute Gasteiger partial charge is 0.493 e. The summed E-state index contributed by atoms with van der Waals surface area (Å²) < 4.78 is 11.9. The molecule has 1 atom stereocenters.